The van der Waals surface area contributed by atoms with E-state index in [9.17, 15) is 0 Å². The molecule has 0 aliphatic heterocycles. The van der Waals surface area contributed by atoms with Gasteiger partial charge < -0.3 is 4.74 Å². The first kappa shape index (κ1) is 13.3. The molecule has 0 heterocycles. The second kappa shape index (κ2) is 5.64. The molecule has 0 N–H and O–H groups in total. The van der Waals surface area contributed by atoms with Gasteiger partial charge in [-0.05, 0) is 54.8 Å². The van der Waals surface area contributed by atoms with Crippen molar-refractivity contribution < 1.29 is 4.74 Å². The number of hydrogen-bond acceptors (Lipinski definition) is 1. The van der Waals surface area contributed by atoms with E-state index >= 15 is 0 Å². The molecular formula is C15H14Cl2O. The summed E-state index contributed by atoms with van der Waals surface area (Å²) in [7, 11) is 0. The minimum Gasteiger partial charge on any atom is -0.456 e. The van der Waals surface area contributed by atoms with Crippen LogP contribution < -0.4 is 4.74 Å². The van der Waals surface area contributed by atoms with E-state index in [-0.39, 0.29) is 0 Å². The summed E-state index contributed by atoms with van der Waals surface area (Å²) in [5, 5.41) is 0.620. The quantitative estimate of drug-likeness (QED) is 0.676. The van der Waals surface area contributed by atoms with Crippen molar-refractivity contribution in [2.75, 3.05) is 0 Å². The fourth-order valence-corrected chi connectivity index (χ4v) is 2.27. The maximum atomic E-state index is 6.13. The number of ether oxygens (including phenoxy) is 1. The third-order valence-electron chi connectivity index (χ3n) is 2.77. The van der Waals surface area contributed by atoms with Crippen LogP contribution in [0.4, 0.5) is 0 Å². The highest BCUT2D eigenvalue weighted by Gasteiger charge is 2.05. The van der Waals surface area contributed by atoms with Gasteiger partial charge in [0.15, 0.2) is 0 Å². The van der Waals surface area contributed by atoms with Crippen LogP contribution in [0.1, 0.15) is 16.7 Å². The number of halogens is 2. The van der Waals surface area contributed by atoms with Crippen molar-refractivity contribution in [3.8, 4) is 11.5 Å². The molecule has 0 atom stereocenters. The molecule has 18 heavy (non-hydrogen) atoms. The second-order valence-electron chi connectivity index (χ2n) is 4.26. The first-order valence-electron chi connectivity index (χ1n) is 5.69. The smallest absolute Gasteiger partial charge is 0.146 e. The van der Waals surface area contributed by atoms with E-state index in [0.29, 0.717) is 16.7 Å². The van der Waals surface area contributed by atoms with Gasteiger partial charge in [0.2, 0.25) is 0 Å². The third-order valence-corrected chi connectivity index (χ3v) is 3.36. The average Bonchev–Trinajstić information content (AvgIpc) is 2.33. The normalized spacial score (nSPS) is 10.4. The van der Waals surface area contributed by atoms with Gasteiger partial charge in [-0.2, -0.15) is 0 Å². The van der Waals surface area contributed by atoms with Crippen LogP contribution in [0, 0.1) is 13.8 Å². The maximum absolute atomic E-state index is 6.13. The molecule has 0 saturated heterocycles. The van der Waals surface area contributed by atoms with E-state index in [0.717, 1.165) is 22.4 Å². The Hall–Kier alpha value is -1.18. The summed E-state index contributed by atoms with van der Waals surface area (Å²) in [6, 6.07) is 11.6. The molecule has 3 heteroatoms. The Morgan fingerprint density at radius 1 is 1.06 bits per heavy atom. The molecule has 0 saturated carbocycles. The van der Waals surface area contributed by atoms with Crippen molar-refractivity contribution >= 4 is 23.2 Å². The van der Waals surface area contributed by atoms with Gasteiger partial charge in [0.05, 0.1) is 5.02 Å². The highest BCUT2D eigenvalue weighted by Crippen LogP contribution is 2.31. The summed E-state index contributed by atoms with van der Waals surface area (Å²) < 4.78 is 5.77. The molecule has 0 aliphatic rings. The van der Waals surface area contributed by atoms with Crippen LogP contribution in [0.3, 0.4) is 0 Å². The highest BCUT2D eigenvalue weighted by molar-refractivity contribution is 6.32. The molecule has 1 nitrogen and oxygen atoms in total. The van der Waals surface area contributed by atoms with E-state index < -0.39 is 0 Å². The van der Waals surface area contributed by atoms with E-state index in [1.54, 1.807) is 0 Å². The van der Waals surface area contributed by atoms with Crippen LogP contribution >= 0.6 is 23.2 Å². The van der Waals surface area contributed by atoms with Crippen LogP contribution in [0.15, 0.2) is 36.4 Å². The van der Waals surface area contributed by atoms with Crippen LogP contribution in [0.5, 0.6) is 11.5 Å². The van der Waals surface area contributed by atoms with Gasteiger partial charge in [-0.1, -0.05) is 23.7 Å². The molecule has 0 aliphatic carbocycles. The van der Waals surface area contributed by atoms with Gasteiger partial charge in [0, 0.05) is 5.88 Å². The van der Waals surface area contributed by atoms with Crippen LogP contribution in [0.2, 0.25) is 5.02 Å². The van der Waals surface area contributed by atoms with Crippen molar-refractivity contribution in [2.45, 2.75) is 19.7 Å². The predicted molar refractivity (Wildman–Crippen MR) is 77.0 cm³/mol. The third kappa shape index (κ3) is 2.98. The SMILES string of the molecule is Cc1ccc(Oc2ccc(CCl)c(C)c2)c(Cl)c1. The highest BCUT2D eigenvalue weighted by atomic mass is 35.5. The van der Waals surface area contributed by atoms with E-state index in [1.165, 1.54) is 0 Å². The largest absolute Gasteiger partial charge is 0.456 e. The summed E-state index contributed by atoms with van der Waals surface area (Å²) in [5.41, 5.74) is 3.34. The minimum atomic E-state index is 0.511. The standard InChI is InChI=1S/C15H14Cl2O/c1-10-3-6-15(14(17)7-10)18-13-5-4-12(9-16)11(2)8-13/h3-8H,9H2,1-2H3. The lowest BCUT2D eigenvalue weighted by atomic mass is 10.1. The predicted octanol–water partition coefficient (Wildman–Crippen LogP) is 5.49. The Morgan fingerprint density at radius 3 is 2.44 bits per heavy atom. The number of alkyl halides is 1. The van der Waals surface area contributed by atoms with Gasteiger partial charge in [-0.25, -0.2) is 0 Å². The van der Waals surface area contributed by atoms with Crippen molar-refractivity contribution in [3.05, 3.63) is 58.1 Å². The van der Waals surface area contributed by atoms with E-state index in [1.807, 2.05) is 50.2 Å². The molecular weight excluding hydrogens is 267 g/mol. The molecule has 0 amide bonds. The van der Waals surface area contributed by atoms with Gasteiger partial charge in [-0.15, -0.1) is 11.6 Å². The van der Waals surface area contributed by atoms with Crippen molar-refractivity contribution in [1.82, 2.24) is 0 Å². The summed E-state index contributed by atoms with van der Waals surface area (Å²) in [6.45, 7) is 4.01. The number of rotatable bonds is 3. The van der Waals surface area contributed by atoms with Crippen LogP contribution in [-0.2, 0) is 5.88 Å². The zero-order valence-electron chi connectivity index (χ0n) is 10.3. The molecule has 0 radical (unpaired) electrons. The first-order chi connectivity index (χ1) is 8.60. The lowest BCUT2D eigenvalue weighted by Crippen LogP contribution is -1.89. The molecule has 0 bridgehead atoms. The topological polar surface area (TPSA) is 9.23 Å². The summed E-state index contributed by atoms with van der Waals surface area (Å²) in [5.74, 6) is 1.95. The Labute approximate surface area is 117 Å². The molecule has 0 aromatic heterocycles. The number of aryl methyl sites for hydroxylation is 2. The van der Waals surface area contributed by atoms with Crippen molar-refractivity contribution in [2.24, 2.45) is 0 Å². The Bertz CT molecular complexity index is 564. The van der Waals surface area contributed by atoms with Crippen molar-refractivity contribution in [3.63, 3.8) is 0 Å². The molecule has 0 spiro atoms. The van der Waals surface area contributed by atoms with Gasteiger partial charge in [-0.3, -0.25) is 0 Å². The number of benzene rings is 2. The lowest BCUT2D eigenvalue weighted by molar-refractivity contribution is 0.482. The molecule has 0 fully saturated rings. The molecule has 2 aromatic rings. The van der Waals surface area contributed by atoms with E-state index in [2.05, 4.69) is 0 Å². The zero-order valence-corrected chi connectivity index (χ0v) is 11.8. The summed E-state index contributed by atoms with van der Waals surface area (Å²) in [6.07, 6.45) is 0. The molecule has 2 rings (SSSR count). The lowest BCUT2D eigenvalue weighted by Gasteiger charge is -2.10. The molecule has 2 aromatic carbocycles. The van der Waals surface area contributed by atoms with Crippen molar-refractivity contribution in [1.29, 1.82) is 0 Å². The Kier molecular flexibility index (Phi) is 4.15. The average molecular weight is 281 g/mol. The van der Waals surface area contributed by atoms with Gasteiger partial charge >= 0.3 is 0 Å². The monoisotopic (exact) mass is 280 g/mol. The fourth-order valence-electron chi connectivity index (χ4n) is 1.70. The molecule has 94 valence electrons. The van der Waals surface area contributed by atoms with Gasteiger partial charge in [0.1, 0.15) is 11.5 Å². The summed E-state index contributed by atoms with van der Waals surface area (Å²) >= 11 is 12.0. The second-order valence-corrected chi connectivity index (χ2v) is 4.93. The fraction of sp³-hybridized carbons (Fsp3) is 0.200. The Balaban J connectivity index is 2.26. The molecule has 0 unspecified atom stereocenters. The maximum Gasteiger partial charge on any atom is 0.146 e. The van der Waals surface area contributed by atoms with Crippen LogP contribution in [-0.4, -0.2) is 0 Å². The summed E-state index contributed by atoms with van der Waals surface area (Å²) in [4.78, 5) is 0. The number of hydrogen-bond donors (Lipinski definition) is 0. The van der Waals surface area contributed by atoms with Crippen LogP contribution in [0.25, 0.3) is 0 Å². The Morgan fingerprint density at radius 2 is 1.83 bits per heavy atom. The minimum absolute atomic E-state index is 0.511. The van der Waals surface area contributed by atoms with E-state index in [4.69, 9.17) is 27.9 Å². The zero-order chi connectivity index (χ0) is 13.1. The first-order valence-corrected chi connectivity index (χ1v) is 6.61. The van der Waals surface area contributed by atoms with Gasteiger partial charge in [0.25, 0.3) is 0 Å².